The molecule has 2 aliphatic heterocycles. The quantitative estimate of drug-likeness (QED) is 0.750. The molecule has 3 heterocycles. The molecule has 4 rings (SSSR count). The summed E-state index contributed by atoms with van der Waals surface area (Å²) in [7, 11) is 1.57. The Morgan fingerprint density at radius 1 is 1.45 bits per heavy atom. The van der Waals surface area contributed by atoms with Crippen LogP contribution < -0.4 is 4.74 Å². The molecule has 6 heteroatoms. The maximum Gasteiger partial charge on any atom is 0.184 e. The molecule has 1 aromatic carbocycles. The Morgan fingerprint density at radius 3 is 2.90 bits per heavy atom. The van der Waals surface area contributed by atoms with Crippen LogP contribution in [0.15, 0.2) is 23.8 Å². The van der Waals surface area contributed by atoms with Crippen molar-refractivity contribution in [2.24, 2.45) is 11.8 Å². The molecule has 0 saturated carbocycles. The molecule has 5 nitrogen and oxygen atoms in total. The van der Waals surface area contributed by atoms with E-state index < -0.39 is 6.61 Å². The number of rotatable bonds is 5. The van der Waals surface area contributed by atoms with Gasteiger partial charge in [-0.25, -0.2) is 4.39 Å². The number of benzene rings is 1. The number of allylic oxidation sites excluding steroid dienone is 1. The highest BCUT2D eigenvalue weighted by Gasteiger charge is 2.41. The van der Waals surface area contributed by atoms with Gasteiger partial charge in [0, 0.05) is 30.2 Å². The van der Waals surface area contributed by atoms with Crippen LogP contribution in [-0.2, 0) is 11.2 Å². The number of hydrogen-bond acceptors (Lipinski definition) is 4. The number of nitrogens with zero attached hydrogens (tertiary/aromatic N) is 1. The number of piperidine rings is 1. The molecule has 1 saturated heterocycles. The molecule has 0 radical (unpaired) electrons. The van der Waals surface area contributed by atoms with E-state index in [0.29, 0.717) is 11.7 Å². The van der Waals surface area contributed by atoms with Gasteiger partial charge in [-0.05, 0) is 48.8 Å². The number of aromatic nitrogens is 1. The van der Waals surface area contributed by atoms with Crippen molar-refractivity contribution in [1.29, 1.82) is 0 Å². The molecule has 29 heavy (non-hydrogen) atoms. The van der Waals surface area contributed by atoms with Crippen molar-refractivity contribution in [3.63, 3.8) is 0 Å². The first kappa shape index (κ1) is 20.1. The summed E-state index contributed by atoms with van der Waals surface area (Å²) in [6.07, 6.45) is 4.56. The molecule has 0 bridgehead atoms. The molecule has 2 N–H and O–H groups in total. The van der Waals surface area contributed by atoms with Gasteiger partial charge in [-0.2, -0.15) is 0 Å². The van der Waals surface area contributed by atoms with E-state index in [9.17, 15) is 14.3 Å². The van der Waals surface area contributed by atoms with Crippen molar-refractivity contribution in [3.8, 4) is 5.75 Å². The topological polar surface area (TPSA) is 65.6 Å². The molecule has 156 valence electrons. The van der Waals surface area contributed by atoms with E-state index in [1.54, 1.807) is 7.11 Å². The van der Waals surface area contributed by atoms with Gasteiger partial charge in [-0.15, -0.1) is 0 Å². The largest absolute Gasteiger partial charge is 0.496 e. The second-order valence-corrected chi connectivity index (χ2v) is 8.14. The molecule has 0 unspecified atom stereocenters. The van der Waals surface area contributed by atoms with E-state index >= 15 is 0 Å². The Balaban J connectivity index is 1.78. The average Bonchev–Trinajstić information content (AvgIpc) is 3.11. The number of fused-ring (bicyclic) bond motifs is 5. The van der Waals surface area contributed by atoms with E-state index in [1.807, 2.05) is 13.0 Å². The molecule has 0 aliphatic carbocycles. The van der Waals surface area contributed by atoms with Gasteiger partial charge in [0.1, 0.15) is 18.2 Å². The molecule has 0 spiro atoms. The summed E-state index contributed by atoms with van der Waals surface area (Å²) < 4.78 is 19.5. The Hall–Kier alpha value is -2.18. The number of nitrogens with one attached hydrogen (secondary N) is 1. The lowest BCUT2D eigenvalue weighted by molar-refractivity contribution is -0.119. The van der Waals surface area contributed by atoms with Crippen LogP contribution in [0.3, 0.4) is 0 Å². The van der Waals surface area contributed by atoms with Gasteiger partial charge in [0.25, 0.3) is 0 Å². The molecule has 1 aromatic heterocycles. The van der Waals surface area contributed by atoms with Gasteiger partial charge in [-0.1, -0.05) is 19.4 Å². The summed E-state index contributed by atoms with van der Waals surface area (Å²) >= 11 is 0. The third kappa shape index (κ3) is 3.28. The number of carbonyl (C=O) groups excluding carboxylic acids is 1. The monoisotopic (exact) mass is 400 g/mol. The fraction of sp³-hybridized carbons (Fsp3) is 0.522. The van der Waals surface area contributed by atoms with Crippen molar-refractivity contribution < 1.29 is 19.0 Å². The maximum atomic E-state index is 14.0. The zero-order chi connectivity index (χ0) is 20.7. The third-order valence-electron chi connectivity index (χ3n) is 6.82. The van der Waals surface area contributed by atoms with Crippen LogP contribution in [0.25, 0.3) is 10.9 Å². The fourth-order valence-electron chi connectivity index (χ4n) is 5.46. The lowest BCUT2D eigenvalue weighted by Crippen LogP contribution is -2.47. The van der Waals surface area contributed by atoms with Crippen molar-refractivity contribution in [2.45, 2.75) is 39.2 Å². The fourth-order valence-corrected chi connectivity index (χ4v) is 5.46. The van der Waals surface area contributed by atoms with E-state index in [-0.39, 0.29) is 23.6 Å². The maximum absolute atomic E-state index is 14.0. The predicted molar refractivity (Wildman–Crippen MR) is 111 cm³/mol. The van der Waals surface area contributed by atoms with E-state index in [4.69, 9.17) is 4.74 Å². The molecule has 3 atom stereocenters. The van der Waals surface area contributed by atoms with Gasteiger partial charge >= 0.3 is 0 Å². The number of aliphatic hydroxyl groups is 1. The van der Waals surface area contributed by atoms with Gasteiger partial charge in [-0.3, -0.25) is 9.69 Å². The molecular formula is C23H29FN2O3. The van der Waals surface area contributed by atoms with Crippen molar-refractivity contribution in [3.05, 3.63) is 40.9 Å². The number of hydrogen-bond donors (Lipinski definition) is 2. The number of carbonyl (C=O) groups is 1. The van der Waals surface area contributed by atoms with Crippen molar-refractivity contribution in [1.82, 2.24) is 9.88 Å². The van der Waals surface area contributed by atoms with Crippen LogP contribution >= 0.6 is 0 Å². The van der Waals surface area contributed by atoms with Crippen LogP contribution in [0.2, 0.25) is 0 Å². The van der Waals surface area contributed by atoms with Gasteiger partial charge in [0.15, 0.2) is 5.78 Å². The van der Waals surface area contributed by atoms with E-state index in [2.05, 4.69) is 16.8 Å². The van der Waals surface area contributed by atoms with Gasteiger partial charge in [0.05, 0.1) is 18.7 Å². The average molecular weight is 400 g/mol. The summed E-state index contributed by atoms with van der Waals surface area (Å²) in [5.74, 6) is 0.560. The first-order chi connectivity index (χ1) is 14.0. The normalized spacial score (nSPS) is 25.0. The van der Waals surface area contributed by atoms with Crippen molar-refractivity contribution in [2.75, 3.05) is 26.8 Å². The summed E-state index contributed by atoms with van der Waals surface area (Å²) in [5, 5.41) is 10.4. The highest BCUT2D eigenvalue weighted by atomic mass is 19.1. The highest BCUT2D eigenvalue weighted by molar-refractivity contribution is 5.96. The van der Waals surface area contributed by atoms with Crippen LogP contribution in [0.1, 0.15) is 44.0 Å². The Bertz CT molecular complexity index is 965. The molecule has 2 aliphatic rings. The zero-order valence-corrected chi connectivity index (χ0v) is 17.3. The summed E-state index contributed by atoms with van der Waals surface area (Å²) in [6, 6.07) is 3.12. The Kier molecular flexibility index (Phi) is 5.49. The van der Waals surface area contributed by atoms with Crippen molar-refractivity contribution >= 4 is 16.7 Å². The summed E-state index contributed by atoms with van der Waals surface area (Å²) in [4.78, 5) is 18.3. The number of methoxy groups -OCH3 is 1. The summed E-state index contributed by atoms with van der Waals surface area (Å²) in [6.45, 7) is 5.45. The van der Waals surface area contributed by atoms with Crippen LogP contribution in [0.5, 0.6) is 5.75 Å². The lowest BCUT2D eigenvalue weighted by Gasteiger charge is -2.46. The van der Waals surface area contributed by atoms with Crippen LogP contribution in [0.4, 0.5) is 4.39 Å². The van der Waals surface area contributed by atoms with E-state index in [0.717, 1.165) is 54.5 Å². The number of halogens is 1. The van der Waals surface area contributed by atoms with Crippen LogP contribution in [0, 0.1) is 17.7 Å². The molecule has 0 amide bonds. The number of H-pyrrole nitrogens is 1. The van der Waals surface area contributed by atoms with Gasteiger partial charge < -0.3 is 14.8 Å². The second-order valence-electron chi connectivity index (χ2n) is 8.14. The first-order valence-corrected chi connectivity index (χ1v) is 10.4. The number of Topliss-reactive ketones (excluding diaryl/α,β-unsaturated/α-hetero) is 1. The molecule has 1 fully saturated rings. The minimum absolute atomic E-state index is 0.113. The SMILES string of the molecule is C/C=C(/C(=O)CO)[C@H]1C[C@H]2c3[nH]c4cc(F)cc(OC)c4c3CCN2C[C@H]1CC. The molecular weight excluding hydrogens is 371 g/mol. The standard InChI is InChI=1S/C23H29FN2O3/c1-4-13-11-26-7-6-16-22-18(8-14(24)9-21(22)29-3)25-23(16)19(26)10-17(13)15(5-2)20(28)12-27/h5,8-9,13,17,19,25,27H,4,6-7,10-12H2,1-3H3/b15-5+/t13-,17+,19+/m1/s1. The van der Waals surface area contributed by atoms with Gasteiger partial charge in [0.2, 0.25) is 0 Å². The Morgan fingerprint density at radius 2 is 2.24 bits per heavy atom. The predicted octanol–water partition coefficient (Wildman–Crippen LogP) is 3.77. The number of ether oxygens (including phenoxy) is 1. The highest BCUT2D eigenvalue weighted by Crippen LogP contribution is 2.47. The minimum atomic E-state index is -0.449. The smallest absolute Gasteiger partial charge is 0.184 e. The Labute approximate surface area is 170 Å². The minimum Gasteiger partial charge on any atom is -0.496 e. The second kappa shape index (κ2) is 7.92. The third-order valence-corrected chi connectivity index (χ3v) is 6.82. The number of ketones is 1. The van der Waals surface area contributed by atoms with Crippen LogP contribution in [-0.4, -0.2) is 47.6 Å². The zero-order valence-electron chi connectivity index (χ0n) is 17.3. The van der Waals surface area contributed by atoms with E-state index in [1.165, 1.54) is 17.7 Å². The first-order valence-electron chi connectivity index (χ1n) is 10.4. The summed E-state index contributed by atoms with van der Waals surface area (Å²) in [5.41, 5.74) is 3.82. The number of aliphatic hydroxyl groups excluding tert-OH is 1. The number of aromatic amines is 1. The molecule has 2 aromatic rings. The lowest BCUT2D eigenvalue weighted by atomic mass is 9.73.